The van der Waals surface area contributed by atoms with E-state index < -0.39 is 33.5 Å². The summed E-state index contributed by atoms with van der Waals surface area (Å²) in [6, 6.07) is 17.5. The summed E-state index contributed by atoms with van der Waals surface area (Å²) >= 11 is 12.0. The molecular formula is C28H28Cl2N2O6S. The van der Waals surface area contributed by atoms with Crippen molar-refractivity contribution in [3.63, 3.8) is 0 Å². The van der Waals surface area contributed by atoms with Gasteiger partial charge in [0.1, 0.15) is 17.3 Å². The molecule has 1 amide bonds. The number of methoxy groups -OCH3 is 1. The zero-order valence-electron chi connectivity index (χ0n) is 21.4. The number of carboxylic acids is 1. The van der Waals surface area contributed by atoms with Crippen LogP contribution in [0.1, 0.15) is 25.3 Å². The molecule has 2 N–H and O–H groups in total. The molecular weight excluding hydrogens is 563 g/mol. The second kappa shape index (κ2) is 11.6. The van der Waals surface area contributed by atoms with E-state index in [1.54, 1.807) is 19.2 Å². The lowest BCUT2D eigenvalue weighted by Crippen LogP contribution is -2.58. The Balaban J connectivity index is 1.53. The van der Waals surface area contributed by atoms with Crippen molar-refractivity contribution in [1.29, 1.82) is 0 Å². The Bertz CT molecular complexity index is 1480. The third-order valence-corrected chi connectivity index (χ3v) is 9.34. The number of carboxylic acid groups (broad SMARTS) is 1. The number of carbonyl (C=O) groups is 2. The van der Waals surface area contributed by atoms with Gasteiger partial charge >= 0.3 is 5.97 Å². The molecule has 1 heterocycles. The monoisotopic (exact) mass is 590 g/mol. The minimum Gasteiger partial charge on any atom is -0.496 e. The summed E-state index contributed by atoms with van der Waals surface area (Å²) in [4.78, 5) is 25.4. The molecule has 0 unspecified atom stereocenters. The van der Waals surface area contributed by atoms with Crippen molar-refractivity contribution in [3.8, 4) is 16.9 Å². The fourth-order valence-corrected chi connectivity index (χ4v) is 7.34. The molecule has 3 aromatic rings. The smallest absolute Gasteiger partial charge is 0.326 e. The van der Waals surface area contributed by atoms with Gasteiger partial charge in [0.05, 0.1) is 12.0 Å². The van der Waals surface area contributed by atoms with Crippen molar-refractivity contribution in [2.45, 2.75) is 42.7 Å². The molecule has 1 fully saturated rings. The first-order valence-electron chi connectivity index (χ1n) is 12.2. The van der Waals surface area contributed by atoms with Gasteiger partial charge in [0.25, 0.3) is 0 Å². The maximum Gasteiger partial charge on any atom is 0.326 e. The second-order valence-corrected chi connectivity index (χ2v) is 12.3. The average Bonchev–Trinajstić information content (AvgIpc) is 3.31. The van der Waals surface area contributed by atoms with Gasteiger partial charge in [0, 0.05) is 28.6 Å². The summed E-state index contributed by atoms with van der Waals surface area (Å²) in [5.41, 5.74) is 0.990. The Morgan fingerprint density at radius 1 is 1.08 bits per heavy atom. The van der Waals surface area contributed by atoms with Crippen LogP contribution in [-0.2, 0) is 26.0 Å². The molecule has 1 aliphatic heterocycles. The van der Waals surface area contributed by atoms with Crippen LogP contribution >= 0.6 is 23.2 Å². The molecule has 0 aliphatic carbocycles. The predicted molar refractivity (Wildman–Crippen MR) is 150 cm³/mol. The molecule has 2 atom stereocenters. The Labute approximate surface area is 237 Å². The molecule has 0 saturated carbocycles. The van der Waals surface area contributed by atoms with E-state index in [0.717, 1.165) is 15.4 Å². The Morgan fingerprint density at radius 3 is 2.33 bits per heavy atom. The first-order valence-corrected chi connectivity index (χ1v) is 14.4. The Kier molecular flexibility index (Phi) is 8.56. The van der Waals surface area contributed by atoms with Gasteiger partial charge in [-0.2, -0.15) is 4.31 Å². The van der Waals surface area contributed by atoms with Crippen molar-refractivity contribution in [2.24, 2.45) is 0 Å². The summed E-state index contributed by atoms with van der Waals surface area (Å²) < 4.78 is 33.4. The number of benzene rings is 3. The maximum absolute atomic E-state index is 13.5. The van der Waals surface area contributed by atoms with Crippen LogP contribution < -0.4 is 10.1 Å². The van der Waals surface area contributed by atoms with Crippen molar-refractivity contribution in [1.82, 2.24) is 9.62 Å². The number of ether oxygens (including phenoxy) is 1. The fourth-order valence-electron chi connectivity index (χ4n) is 4.81. The molecule has 11 heteroatoms. The van der Waals surface area contributed by atoms with E-state index in [0.29, 0.717) is 17.7 Å². The minimum atomic E-state index is -4.14. The Morgan fingerprint density at radius 2 is 1.72 bits per heavy atom. The van der Waals surface area contributed by atoms with Crippen molar-refractivity contribution >= 4 is 45.1 Å². The number of hydrogen-bond acceptors (Lipinski definition) is 5. The van der Waals surface area contributed by atoms with E-state index in [-0.39, 0.29) is 34.3 Å². The van der Waals surface area contributed by atoms with Gasteiger partial charge in [-0.1, -0.05) is 65.7 Å². The molecule has 0 spiro atoms. The lowest BCUT2D eigenvalue weighted by molar-refractivity contribution is -0.143. The molecule has 8 nitrogen and oxygen atoms in total. The number of sulfonamides is 1. The number of amides is 1. The molecule has 206 valence electrons. The molecule has 3 aromatic carbocycles. The standard InChI is InChI=1S/C28H28Cl2N2O6S/c1-28(12-5-13-32(28)39(36,37)22-16-20(29)15-21(30)17-22)27(35)31-24(26(33)34)14-18-8-10-19(11-9-18)23-6-3-4-7-25(23)38-2/h3-4,6-11,15-17,24H,5,12-14H2,1-2H3,(H,31,35)(H,33,34)/t24-,28-/m0/s1. The number of aliphatic carboxylic acids is 1. The van der Waals surface area contributed by atoms with Crippen LogP contribution in [0.25, 0.3) is 11.1 Å². The molecule has 0 aromatic heterocycles. The number of halogens is 2. The summed E-state index contributed by atoms with van der Waals surface area (Å²) in [5, 5.41) is 12.7. The highest BCUT2D eigenvalue weighted by Crippen LogP contribution is 2.36. The van der Waals surface area contributed by atoms with E-state index in [1.807, 2.05) is 36.4 Å². The summed E-state index contributed by atoms with van der Waals surface area (Å²) in [6.45, 7) is 1.60. The van der Waals surface area contributed by atoms with Gasteiger partial charge in [-0.15, -0.1) is 0 Å². The van der Waals surface area contributed by atoms with Gasteiger partial charge in [0.15, 0.2) is 0 Å². The van der Waals surface area contributed by atoms with Crippen LogP contribution in [-0.4, -0.2) is 54.9 Å². The summed E-state index contributed by atoms with van der Waals surface area (Å²) in [5.74, 6) is -1.20. The topological polar surface area (TPSA) is 113 Å². The van der Waals surface area contributed by atoms with Crippen molar-refractivity contribution in [2.75, 3.05) is 13.7 Å². The van der Waals surface area contributed by atoms with E-state index in [9.17, 15) is 23.1 Å². The van der Waals surface area contributed by atoms with Gasteiger partial charge in [-0.25, -0.2) is 13.2 Å². The van der Waals surface area contributed by atoms with E-state index in [1.165, 1.54) is 25.1 Å². The SMILES string of the molecule is COc1ccccc1-c1ccc(C[C@H](NC(=O)[C@]2(C)CCCN2S(=O)(=O)c2cc(Cl)cc(Cl)c2)C(=O)O)cc1. The van der Waals surface area contributed by atoms with E-state index in [2.05, 4.69) is 5.32 Å². The number of rotatable bonds is 9. The van der Waals surface area contributed by atoms with Gasteiger partial charge < -0.3 is 15.2 Å². The lowest BCUT2D eigenvalue weighted by Gasteiger charge is -2.34. The molecule has 1 aliphatic rings. The van der Waals surface area contributed by atoms with Crippen molar-refractivity contribution < 1.29 is 27.9 Å². The first kappa shape index (κ1) is 28.9. The Hall–Kier alpha value is -3.11. The summed E-state index contributed by atoms with van der Waals surface area (Å²) in [6.07, 6.45) is 0.673. The van der Waals surface area contributed by atoms with Crippen LogP contribution in [0.15, 0.2) is 71.6 Å². The normalized spacial score (nSPS) is 18.5. The summed E-state index contributed by atoms with van der Waals surface area (Å²) in [7, 11) is -2.55. The third-order valence-electron chi connectivity index (χ3n) is 6.90. The molecule has 0 bridgehead atoms. The van der Waals surface area contributed by atoms with Crippen LogP contribution in [0.5, 0.6) is 5.75 Å². The molecule has 4 rings (SSSR count). The first-order chi connectivity index (χ1) is 18.5. The second-order valence-electron chi connectivity index (χ2n) is 9.53. The van der Waals surface area contributed by atoms with Gasteiger partial charge in [-0.3, -0.25) is 4.79 Å². The predicted octanol–water partition coefficient (Wildman–Crippen LogP) is 5.02. The lowest BCUT2D eigenvalue weighted by atomic mass is 9.97. The number of hydrogen-bond donors (Lipinski definition) is 2. The van der Waals surface area contributed by atoms with Gasteiger partial charge in [0.2, 0.25) is 15.9 Å². The number of para-hydroxylation sites is 1. The zero-order valence-corrected chi connectivity index (χ0v) is 23.7. The van der Waals surface area contributed by atoms with E-state index in [4.69, 9.17) is 27.9 Å². The number of nitrogens with one attached hydrogen (secondary N) is 1. The largest absolute Gasteiger partial charge is 0.496 e. The van der Waals surface area contributed by atoms with Crippen LogP contribution in [0, 0.1) is 0 Å². The number of carbonyl (C=O) groups excluding carboxylic acids is 1. The highest BCUT2D eigenvalue weighted by Gasteiger charge is 2.50. The van der Waals surface area contributed by atoms with Crippen LogP contribution in [0.4, 0.5) is 0 Å². The van der Waals surface area contributed by atoms with Gasteiger partial charge in [-0.05, 0) is 55.2 Å². The average molecular weight is 592 g/mol. The quantitative estimate of drug-likeness (QED) is 0.361. The maximum atomic E-state index is 13.5. The molecule has 0 radical (unpaired) electrons. The van der Waals surface area contributed by atoms with Crippen LogP contribution in [0.2, 0.25) is 10.0 Å². The minimum absolute atomic E-state index is 0.0139. The molecule has 1 saturated heterocycles. The van der Waals surface area contributed by atoms with E-state index >= 15 is 0 Å². The van der Waals surface area contributed by atoms with Crippen molar-refractivity contribution in [3.05, 3.63) is 82.3 Å². The highest BCUT2D eigenvalue weighted by atomic mass is 35.5. The zero-order chi connectivity index (χ0) is 28.4. The third kappa shape index (κ3) is 6.06. The molecule has 39 heavy (non-hydrogen) atoms. The van der Waals surface area contributed by atoms with Crippen LogP contribution in [0.3, 0.4) is 0 Å². The fraction of sp³-hybridized carbons (Fsp3) is 0.286. The number of nitrogens with zero attached hydrogens (tertiary/aromatic N) is 1. The highest BCUT2D eigenvalue weighted by molar-refractivity contribution is 7.89.